The van der Waals surface area contributed by atoms with Crippen LogP contribution in [0.4, 0.5) is 0 Å². The highest BCUT2D eigenvalue weighted by molar-refractivity contribution is 9.10. The van der Waals surface area contributed by atoms with Gasteiger partial charge in [0, 0.05) is 15.6 Å². The summed E-state index contributed by atoms with van der Waals surface area (Å²) in [5.74, 6) is 1.48. The summed E-state index contributed by atoms with van der Waals surface area (Å²) in [5.41, 5.74) is 4.08. The normalized spacial score (nSPS) is 12.7. The van der Waals surface area contributed by atoms with Gasteiger partial charge in [0.15, 0.2) is 5.75 Å². The Balaban J connectivity index is 2.25. The third-order valence-electron chi connectivity index (χ3n) is 3.09. The van der Waals surface area contributed by atoms with Gasteiger partial charge in [0.05, 0.1) is 5.02 Å². The van der Waals surface area contributed by atoms with Crippen LogP contribution in [0.5, 0.6) is 11.5 Å². The first-order valence-electron chi connectivity index (χ1n) is 5.54. The fourth-order valence-corrected chi connectivity index (χ4v) is 2.62. The Kier molecular flexibility index (Phi) is 2.72. The van der Waals surface area contributed by atoms with Crippen LogP contribution in [-0.2, 0) is 0 Å². The number of halogens is 2. The van der Waals surface area contributed by atoms with Crippen LogP contribution in [0.1, 0.15) is 16.7 Å². The van der Waals surface area contributed by atoms with E-state index in [0.717, 1.165) is 32.5 Å². The van der Waals surface area contributed by atoms with E-state index >= 15 is 0 Å². The average molecular weight is 322 g/mol. The smallest absolute Gasteiger partial charge is 0.153 e. The van der Waals surface area contributed by atoms with Crippen molar-refractivity contribution in [2.75, 3.05) is 0 Å². The standard InChI is InChI=1S/C15H10BrClO/c1-8-6-11-9(2)10-4-3-5-13(17)15(10)18-14(11)7-12(8)16/h3-7H,2H2,1H3. The maximum absolute atomic E-state index is 6.17. The van der Waals surface area contributed by atoms with E-state index in [1.807, 2.05) is 31.2 Å². The quantitative estimate of drug-likeness (QED) is 0.525. The van der Waals surface area contributed by atoms with Gasteiger partial charge in [0.2, 0.25) is 0 Å². The number of para-hydroxylation sites is 1. The molecule has 1 heterocycles. The summed E-state index contributed by atoms with van der Waals surface area (Å²) < 4.78 is 6.91. The lowest BCUT2D eigenvalue weighted by Crippen LogP contribution is -2.02. The van der Waals surface area contributed by atoms with Gasteiger partial charge in [0.1, 0.15) is 5.75 Å². The minimum atomic E-state index is 0.607. The molecule has 0 bridgehead atoms. The highest BCUT2D eigenvalue weighted by Crippen LogP contribution is 2.47. The Labute approximate surface area is 119 Å². The SMILES string of the molecule is C=C1c2cc(C)c(Br)cc2Oc2c(Cl)cccc21. The van der Waals surface area contributed by atoms with Gasteiger partial charge in [-0.15, -0.1) is 0 Å². The maximum Gasteiger partial charge on any atom is 0.153 e. The van der Waals surface area contributed by atoms with E-state index in [0.29, 0.717) is 10.8 Å². The Bertz CT molecular complexity index is 676. The van der Waals surface area contributed by atoms with Gasteiger partial charge in [-0.3, -0.25) is 0 Å². The molecule has 1 aliphatic heterocycles. The zero-order valence-electron chi connectivity index (χ0n) is 9.76. The van der Waals surface area contributed by atoms with Crippen molar-refractivity contribution >= 4 is 33.1 Å². The molecule has 0 aromatic heterocycles. The second-order valence-corrected chi connectivity index (χ2v) is 5.56. The molecule has 1 aliphatic rings. The van der Waals surface area contributed by atoms with Crippen LogP contribution in [0.2, 0.25) is 5.02 Å². The highest BCUT2D eigenvalue weighted by atomic mass is 79.9. The summed E-state index contributed by atoms with van der Waals surface area (Å²) >= 11 is 9.68. The fraction of sp³-hybridized carbons (Fsp3) is 0.0667. The summed E-state index contributed by atoms with van der Waals surface area (Å²) in [6.45, 7) is 6.20. The number of benzene rings is 2. The highest BCUT2D eigenvalue weighted by Gasteiger charge is 2.23. The zero-order valence-corrected chi connectivity index (χ0v) is 12.1. The predicted molar refractivity (Wildman–Crippen MR) is 78.5 cm³/mol. The van der Waals surface area contributed by atoms with Crippen LogP contribution in [0.15, 0.2) is 41.4 Å². The van der Waals surface area contributed by atoms with E-state index in [4.69, 9.17) is 16.3 Å². The molecule has 0 aliphatic carbocycles. The van der Waals surface area contributed by atoms with Crippen LogP contribution in [0.25, 0.3) is 5.57 Å². The Morgan fingerprint density at radius 2 is 2.00 bits per heavy atom. The van der Waals surface area contributed by atoms with E-state index in [9.17, 15) is 0 Å². The topological polar surface area (TPSA) is 9.23 Å². The van der Waals surface area contributed by atoms with Gasteiger partial charge < -0.3 is 4.74 Å². The molecule has 18 heavy (non-hydrogen) atoms. The van der Waals surface area contributed by atoms with Crippen molar-refractivity contribution in [2.24, 2.45) is 0 Å². The minimum Gasteiger partial charge on any atom is -0.454 e. The molecule has 0 unspecified atom stereocenters. The molecule has 0 radical (unpaired) electrons. The van der Waals surface area contributed by atoms with Crippen molar-refractivity contribution in [3.63, 3.8) is 0 Å². The molecule has 0 spiro atoms. The number of fused-ring (bicyclic) bond motifs is 2. The molecule has 0 N–H and O–H groups in total. The second kappa shape index (κ2) is 4.15. The van der Waals surface area contributed by atoms with E-state index in [1.54, 1.807) is 0 Å². The molecule has 3 rings (SSSR count). The van der Waals surface area contributed by atoms with Gasteiger partial charge in [0.25, 0.3) is 0 Å². The molecule has 2 aromatic carbocycles. The summed E-state index contributed by atoms with van der Waals surface area (Å²) in [6.07, 6.45) is 0. The number of hydrogen-bond donors (Lipinski definition) is 0. The third kappa shape index (κ3) is 1.68. The summed E-state index contributed by atoms with van der Waals surface area (Å²) in [5, 5.41) is 0.607. The first-order chi connectivity index (χ1) is 8.58. The average Bonchev–Trinajstić information content (AvgIpc) is 2.34. The van der Waals surface area contributed by atoms with Crippen molar-refractivity contribution in [1.82, 2.24) is 0 Å². The van der Waals surface area contributed by atoms with Crippen molar-refractivity contribution in [1.29, 1.82) is 0 Å². The number of ether oxygens (including phenoxy) is 1. The Morgan fingerprint density at radius 1 is 1.22 bits per heavy atom. The van der Waals surface area contributed by atoms with Gasteiger partial charge >= 0.3 is 0 Å². The van der Waals surface area contributed by atoms with Gasteiger partial charge in [-0.05, 0) is 36.3 Å². The zero-order chi connectivity index (χ0) is 12.9. The van der Waals surface area contributed by atoms with Gasteiger partial charge in [-0.1, -0.05) is 46.2 Å². The third-order valence-corrected chi connectivity index (χ3v) is 4.24. The molecular weight excluding hydrogens is 312 g/mol. The maximum atomic E-state index is 6.17. The summed E-state index contributed by atoms with van der Waals surface area (Å²) in [4.78, 5) is 0. The number of aryl methyl sites for hydroxylation is 1. The van der Waals surface area contributed by atoms with Crippen LogP contribution < -0.4 is 4.74 Å². The lowest BCUT2D eigenvalue weighted by molar-refractivity contribution is 0.474. The van der Waals surface area contributed by atoms with E-state index in [-0.39, 0.29) is 0 Å². The fourth-order valence-electron chi connectivity index (χ4n) is 2.09. The minimum absolute atomic E-state index is 0.607. The lowest BCUT2D eigenvalue weighted by Gasteiger charge is -2.23. The molecule has 2 aromatic rings. The van der Waals surface area contributed by atoms with Crippen LogP contribution in [-0.4, -0.2) is 0 Å². The Morgan fingerprint density at radius 3 is 2.78 bits per heavy atom. The summed E-state index contributed by atoms with van der Waals surface area (Å²) in [6, 6.07) is 9.74. The molecular formula is C15H10BrClO. The van der Waals surface area contributed by atoms with Crippen molar-refractivity contribution in [3.05, 3.63) is 63.1 Å². The summed E-state index contributed by atoms with van der Waals surface area (Å²) in [7, 11) is 0. The first-order valence-corrected chi connectivity index (χ1v) is 6.71. The molecule has 0 amide bonds. The van der Waals surface area contributed by atoms with Crippen molar-refractivity contribution in [2.45, 2.75) is 6.92 Å². The van der Waals surface area contributed by atoms with Gasteiger partial charge in [-0.2, -0.15) is 0 Å². The monoisotopic (exact) mass is 320 g/mol. The van der Waals surface area contributed by atoms with Gasteiger partial charge in [-0.25, -0.2) is 0 Å². The molecule has 1 nitrogen and oxygen atoms in total. The van der Waals surface area contributed by atoms with E-state index < -0.39 is 0 Å². The molecule has 3 heteroatoms. The molecule has 0 fully saturated rings. The van der Waals surface area contributed by atoms with E-state index in [2.05, 4.69) is 28.6 Å². The van der Waals surface area contributed by atoms with E-state index in [1.165, 1.54) is 0 Å². The van der Waals surface area contributed by atoms with Crippen LogP contribution >= 0.6 is 27.5 Å². The predicted octanol–water partition coefficient (Wildman–Crippen LogP) is 5.58. The molecule has 0 atom stereocenters. The number of rotatable bonds is 0. The molecule has 90 valence electrons. The Hall–Kier alpha value is -1.25. The first kappa shape index (κ1) is 11.8. The van der Waals surface area contributed by atoms with Crippen molar-refractivity contribution < 1.29 is 4.74 Å². The largest absolute Gasteiger partial charge is 0.454 e. The lowest BCUT2D eigenvalue weighted by atomic mass is 9.94. The van der Waals surface area contributed by atoms with Crippen LogP contribution in [0.3, 0.4) is 0 Å². The van der Waals surface area contributed by atoms with Crippen LogP contribution in [0, 0.1) is 6.92 Å². The second-order valence-electron chi connectivity index (χ2n) is 4.29. The van der Waals surface area contributed by atoms with Crippen molar-refractivity contribution in [3.8, 4) is 11.5 Å². The molecule has 0 saturated heterocycles. The molecule has 0 saturated carbocycles. The number of hydrogen-bond acceptors (Lipinski definition) is 1.